The van der Waals surface area contributed by atoms with Gasteiger partial charge < -0.3 is 5.32 Å². The van der Waals surface area contributed by atoms with Gasteiger partial charge in [-0.1, -0.05) is 47.5 Å². The highest BCUT2D eigenvalue weighted by molar-refractivity contribution is 6.35. The molecule has 0 fully saturated rings. The molecule has 0 radical (unpaired) electrons. The lowest BCUT2D eigenvalue weighted by atomic mass is 10.1. The molecule has 0 saturated heterocycles. The van der Waals surface area contributed by atoms with Crippen molar-refractivity contribution in [2.75, 3.05) is 5.32 Å². The zero-order valence-electron chi connectivity index (χ0n) is 10.7. The molecule has 21 heavy (non-hydrogen) atoms. The molecular weight excluding hydrogens is 309 g/mol. The monoisotopic (exact) mass is 317 g/mol. The first-order valence-corrected chi connectivity index (χ1v) is 6.87. The number of halogens is 2. The smallest absolute Gasteiger partial charge is 0.257 e. The number of nitrogens with zero attached hydrogens (tertiary/aromatic N) is 2. The number of rotatable bonds is 2. The van der Waals surface area contributed by atoms with Gasteiger partial charge in [-0.25, -0.2) is 9.97 Å². The van der Waals surface area contributed by atoms with Crippen LogP contribution in [0.15, 0.2) is 48.8 Å². The summed E-state index contributed by atoms with van der Waals surface area (Å²) in [5, 5.41) is 4.93. The van der Waals surface area contributed by atoms with Gasteiger partial charge in [0.05, 0.1) is 5.56 Å². The minimum atomic E-state index is -0.280. The number of amides is 1. The third-order valence-electron chi connectivity index (χ3n) is 2.98. The molecule has 0 unspecified atom stereocenters. The Bertz CT molecular complexity index is 836. The van der Waals surface area contributed by atoms with Crippen LogP contribution in [0.1, 0.15) is 10.4 Å². The molecule has 2 aromatic heterocycles. The number of nitrogens with one attached hydrogen (secondary N) is 1. The van der Waals surface area contributed by atoms with Gasteiger partial charge in [0.1, 0.15) is 10.3 Å². The molecule has 3 aromatic rings. The highest BCUT2D eigenvalue weighted by Gasteiger charge is 2.13. The Morgan fingerprint density at radius 1 is 1.05 bits per heavy atom. The summed E-state index contributed by atoms with van der Waals surface area (Å²) < 4.78 is 0. The molecule has 1 N–H and O–H groups in total. The zero-order chi connectivity index (χ0) is 14.8. The van der Waals surface area contributed by atoms with Crippen molar-refractivity contribution < 1.29 is 4.79 Å². The van der Waals surface area contributed by atoms with Crippen LogP contribution >= 0.6 is 23.2 Å². The van der Waals surface area contributed by atoms with Crippen LogP contribution < -0.4 is 5.32 Å². The summed E-state index contributed by atoms with van der Waals surface area (Å²) in [5.74, 6) is -0.280. The number of carbonyl (C=O) groups excluding carboxylic acids is 1. The number of benzene rings is 1. The van der Waals surface area contributed by atoms with Gasteiger partial charge in [-0.3, -0.25) is 4.79 Å². The summed E-state index contributed by atoms with van der Waals surface area (Å²) in [5.41, 5.74) is 1.02. The van der Waals surface area contributed by atoms with Crippen molar-refractivity contribution in [1.82, 2.24) is 9.97 Å². The Morgan fingerprint density at radius 3 is 2.57 bits per heavy atom. The lowest BCUT2D eigenvalue weighted by Crippen LogP contribution is -2.13. The Morgan fingerprint density at radius 2 is 1.81 bits per heavy atom. The maximum atomic E-state index is 12.4. The minimum Gasteiger partial charge on any atom is -0.322 e. The van der Waals surface area contributed by atoms with Crippen molar-refractivity contribution in [2.24, 2.45) is 0 Å². The van der Waals surface area contributed by atoms with E-state index in [1.54, 1.807) is 12.1 Å². The fraction of sp³-hybridized carbons (Fsp3) is 0. The number of carbonyl (C=O) groups is 1. The average molecular weight is 318 g/mol. The highest BCUT2D eigenvalue weighted by atomic mass is 35.5. The SMILES string of the molecule is O=C(Nc1ccnc(Cl)c1)c1cnc(Cl)c2ccccc12. The van der Waals surface area contributed by atoms with E-state index in [-0.39, 0.29) is 5.91 Å². The summed E-state index contributed by atoms with van der Waals surface area (Å²) in [7, 11) is 0. The Hall–Kier alpha value is -2.17. The van der Waals surface area contributed by atoms with Gasteiger partial charge >= 0.3 is 0 Å². The van der Waals surface area contributed by atoms with Crippen LogP contribution in [0.2, 0.25) is 10.3 Å². The summed E-state index contributed by atoms with van der Waals surface area (Å²) in [4.78, 5) is 20.3. The van der Waals surface area contributed by atoms with E-state index in [0.717, 1.165) is 10.8 Å². The quantitative estimate of drug-likeness (QED) is 0.721. The van der Waals surface area contributed by atoms with Gasteiger partial charge in [-0.15, -0.1) is 0 Å². The molecular formula is C15H9Cl2N3O. The third kappa shape index (κ3) is 2.82. The number of hydrogen-bond donors (Lipinski definition) is 1. The topological polar surface area (TPSA) is 54.9 Å². The van der Waals surface area contributed by atoms with Crippen LogP contribution in [0.4, 0.5) is 5.69 Å². The highest BCUT2D eigenvalue weighted by Crippen LogP contribution is 2.25. The maximum Gasteiger partial charge on any atom is 0.257 e. The van der Waals surface area contributed by atoms with Gasteiger partial charge in [0.15, 0.2) is 0 Å². The van der Waals surface area contributed by atoms with Crippen LogP contribution in [0, 0.1) is 0 Å². The van der Waals surface area contributed by atoms with E-state index in [9.17, 15) is 4.79 Å². The molecule has 6 heteroatoms. The molecule has 0 aliphatic carbocycles. The summed E-state index contributed by atoms with van der Waals surface area (Å²) >= 11 is 11.8. The van der Waals surface area contributed by atoms with Crippen molar-refractivity contribution in [2.45, 2.75) is 0 Å². The van der Waals surface area contributed by atoms with Gasteiger partial charge in [0, 0.05) is 23.5 Å². The first-order chi connectivity index (χ1) is 10.1. The molecule has 0 aliphatic heterocycles. The van der Waals surface area contributed by atoms with E-state index in [2.05, 4.69) is 15.3 Å². The second-order valence-corrected chi connectivity index (χ2v) is 5.07. The first kappa shape index (κ1) is 13.8. The summed E-state index contributed by atoms with van der Waals surface area (Å²) in [6.07, 6.45) is 2.99. The number of aromatic nitrogens is 2. The predicted octanol–water partition coefficient (Wildman–Crippen LogP) is 4.19. The van der Waals surface area contributed by atoms with Crippen molar-refractivity contribution in [3.05, 3.63) is 64.7 Å². The van der Waals surface area contributed by atoms with Gasteiger partial charge in [0.2, 0.25) is 0 Å². The van der Waals surface area contributed by atoms with E-state index in [4.69, 9.17) is 23.2 Å². The van der Waals surface area contributed by atoms with Crippen molar-refractivity contribution in [3.8, 4) is 0 Å². The van der Waals surface area contributed by atoms with Crippen LogP contribution in [0.25, 0.3) is 10.8 Å². The summed E-state index contributed by atoms with van der Waals surface area (Å²) in [6, 6.07) is 10.6. The molecule has 4 nitrogen and oxygen atoms in total. The lowest BCUT2D eigenvalue weighted by molar-refractivity contribution is 0.102. The van der Waals surface area contributed by atoms with Gasteiger partial charge in [-0.2, -0.15) is 0 Å². The molecule has 104 valence electrons. The van der Waals surface area contributed by atoms with Crippen LogP contribution in [-0.2, 0) is 0 Å². The minimum absolute atomic E-state index is 0.280. The lowest BCUT2D eigenvalue weighted by Gasteiger charge is -2.08. The van der Waals surface area contributed by atoms with Crippen LogP contribution in [0.5, 0.6) is 0 Å². The van der Waals surface area contributed by atoms with Crippen molar-refractivity contribution in [3.63, 3.8) is 0 Å². The molecule has 1 aromatic carbocycles. The standard InChI is InChI=1S/C15H9Cl2N3O/c16-13-7-9(5-6-18-13)20-15(21)12-8-19-14(17)11-4-2-1-3-10(11)12/h1-8H,(H,18,20,21). The van der Waals surface area contributed by atoms with E-state index in [0.29, 0.717) is 21.6 Å². The average Bonchev–Trinajstić information content (AvgIpc) is 2.48. The second kappa shape index (κ2) is 5.68. The number of fused-ring (bicyclic) bond motifs is 1. The van der Waals surface area contributed by atoms with Crippen molar-refractivity contribution >= 4 is 45.6 Å². The zero-order valence-corrected chi connectivity index (χ0v) is 12.2. The Balaban J connectivity index is 2.01. The van der Waals surface area contributed by atoms with E-state index >= 15 is 0 Å². The molecule has 0 bridgehead atoms. The maximum absolute atomic E-state index is 12.4. The van der Waals surface area contributed by atoms with E-state index in [1.807, 2.05) is 24.3 Å². The molecule has 0 aliphatic rings. The first-order valence-electron chi connectivity index (χ1n) is 6.11. The Kier molecular flexibility index (Phi) is 3.73. The Labute approximate surface area is 130 Å². The number of pyridine rings is 2. The number of hydrogen-bond acceptors (Lipinski definition) is 3. The largest absolute Gasteiger partial charge is 0.322 e. The van der Waals surface area contributed by atoms with E-state index in [1.165, 1.54) is 12.4 Å². The van der Waals surface area contributed by atoms with Gasteiger partial charge in [-0.05, 0) is 17.5 Å². The fourth-order valence-corrected chi connectivity index (χ4v) is 2.41. The fourth-order valence-electron chi connectivity index (χ4n) is 2.02. The molecule has 3 rings (SSSR count). The summed E-state index contributed by atoms with van der Waals surface area (Å²) in [6.45, 7) is 0. The molecule has 0 saturated carbocycles. The molecule has 0 atom stereocenters. The van der Waals surface area contributed by atoms with Gasteiger partial charge in [0.25, 0.3) is 5.91 Å². The van der Waals surface area contributed by atoms with Crippen molar-refractivity contribution in [1.29, 1.82) is 0 Å². The third-order valence-corrected chi connectivity index (χ3v) is 3.48. The van der Waals surface area contributed by atoms with E-state index < -0.39 is 0 Å². The van der Waals surface area contributed by atoms with Crippen LogP contribution in [0.3, 0.4) is 0 Å². The predicted molar refractivity (Wildman–Crippen MR) is 84.0 cm³/mol. The number of anilines is 1. The molecule has 1 amide bonds. The normalized spacial score (nSPS) is 10.6. The molecule has 0 spiro atoms. The second-order valence-electron chi connectivity index (χ2n) is 4.33. The van der Waals surface area contributed by atoms with Crippen LogP contribution in [-0.4, -0.2) is 15.9 Å². The molecule has 2 heterocycles.